The third kappa shape index (κ3) is 6.16. The van der Waals surface area contributed by atoms with Gasteiger partial charge in [0, 0.05) is 5.71 Å². The molecule has 0 saturated carbocycles. The van der Waals surface area contributed by atoms with E-state index in [0.717, 1.165) is 4.91 Å². The van der Waals surface area contributed by atoms with Crippen LogP contribution >= 0.6 is 12.6 Å². The molecular formula is C9H13NO2S. The Balaban J connectivity index is 4.83. The Hall–Kier alpha value is -1.03. The molecule has 1 N–H and O–H groups in total. The summed E-state index contributed by atoms with van der Waals surface area (Å²) in [5, 5.41) is 8.71. The van der Waals surface area contributed by atoms with Crippen molar-refractivity contribution in [3.05, 3.63) is 22.8 Å². The molecule has 0 heterocycles. The molecule has 0 spiro atoms. The van der Waals surface area contributed by atoms with Gasteiger partial charge in [-0.15, -0.1) is 12.6 Å². The molecule has 0 aliphatic carbocycles. The molecule has 0 amide bonds. The maximum atomic E-state index is 10.6. The summed E-state index contributed by atoms with van der Waals surface area (Å²) in [5.74, 6) is -1.04. The molecule has 0 unspecified atom stereocenters. The first-order valence-corrected chi connectivity index (χ1v) is 4.21. The van der Waals surface area contributed by atoms with Crippen LogP contribution in [0.15, 0.2) is 27.7 Å². The van der Waals surface area contributed by atoms with Crippen molar-refractivity contribution >= 4 is 24.3 Å². The first kappa shape index (κ1) is 12.0. The van der Waals surface area contributed by atoms with E-state index in [9.17, 15) is 4.79 Å². The van der Waals surface area contributed by atoms with E-state index in [-0.39, 0.29) is 5.70 Å². The lowest BCUT2D eigenvalue weighted by atomic mass is 10.3. The van der Waals surface area contributed by atoms with Crippen molar-refractivity contribution in [3.8, 4) is 0 Å². The topological polar surface area (TPSA) is 49.7 Å². The predicted molar refractivity (Wildman–Crippen MR) is 57.2 cm³/mol. The number of hydrogen-bond donors (Lipinski definition) is 2. The maximum Gasteiger partial charge on any atom is 0.354 e. The van der Waals surface area contributed by atoms with Gasteiger partial charge < -0.3 is 5.11 Å². The zero-order chi connectivity index (χ0) is 10.4. The summed E-state index contributed by atoms with van der Waals surface area (Å²) in [6, 6.07) is 0. The smallest absolute Gasteiger partial charge is 0.354 e. The van der Waals surface area contributed by atoms with Crippen LogP contribution < -0.4 is 0 Å². The molecule has 72 valence electrons. The van der Waals surface area contributed by atoms with Crippen molar-refractivity contribution in [2.24, 2.45) is 4.99 Å². The Morgan fingerprint density at radius 1 is 1.31 bits per heavy atom. The zero-order valence-corrected chi connectivity index (χ0v) is 8.80. The van der Waals surface area contributed by atoms with Gasteiger partial charge >= 0.3 is 5.97 Å². The molecular weight excluding hydrogens is 186 g/mol. The number of aliphatic imine (C=N–C) groups is 1. The molecule has 3 nitrogen and oxygen atoms in total. The number of rotatable bonds is 3. The quantitative estimate of drug-likeness (QED) is 0.317. The van der Waals surface area contributed by atoms with Crippen LogP contribution in [-0.4, -0.2) is 16.8 Å². The van der Waals surface area contributed by atoms with Crippen molar-refractivity contribution in [1.82, 2.24) is 0 Å². The highest BCUT2D eigenvalue weighted by Crippen LogP contribution is 2.03. The normalized spacial score (nSPS) is 12.6. The van der Waals surface area contributed by atoms with Crippen LogP contribution in [0.4, 0.5) is 0 Å². The molecule has 4 heteroatoms. The van der Waals surface area contributed by atoms with Gasteiger partial charge in [0.1, 0.15) is 5.70 Å². The van der Waals surface area contributed by atoms with Crippen molar-refractivity contribution in [1.29, 1.82) is 0 Å². The SMILES string of the molecule is CC(C)=N/C(=C\C=C(/C)S)C(=O)O. The molecule has 0 fully saturated rings. The summed E-state index contributed by atoms with van der Waals surface area (Å²) in [6.07, 6.45) is 3.02. The fourth-order valence-electron chi connectivity index (χ4n) is 0.597. The molecule has 0 saturated heterocycles. The number of thiol groups is 1. The highest BCUT2D eigenvalue weighted by Gasteiger charge is 2.02. The molecule has 0 aromatic rings. The number of carboxylic acid groups (broad SMARTS) is 1. The zero-order valence-electron chi connectivity index (χ0n) is 7.90. The van der Waals surface area contributed by atoms with E-state index in [1.807, 2.05) is 0 Å². The highest BCUT2D eigenvalue weighted by atomic mass is 32.1. The van der Waals surface area contributed by atoms with E-state index >= 15 is 0 Å². The van der Waals surface area contributed by atoms with E-state index in [2.05, 4.69) is 17.6 Å². The van der Waals surface area contributed by atoms with Crippen LogP contribution in [0, 0.1) is 0 Å². The first-order valence-electron chi connectivity index (χ1n) is 3.76. The standard InChI is InChI=1S/C9H13NO2S/c1-6(2)10-8(9(11)12)5-4-7(3)13/h4-5,13H,1-3H3,(H,11,12)/b7-4+,8-5-. The fourth-order valence-corrected chi connectivity index (χ4v) is 0.671. The number of carboxylic acids is 1. The molecule has 0 aromatic heterocycles. The number of aliphatic carboxylic acids is 1. The largest absolute Gasteiger partial charge is 0.477 e. The minimum absolute atomic E-state index is 0.0217. The summed E-state index contributed by atoms with van der Waals surface area (Å²) in [5.41, 5.74) is 0.729. The lowest BCUT2D eigenvalue weighted by Crippen LogP contribution is -1.99. The van der Waals surface area contributed by atoms with Crippen LogP contribution in [0.1, 0.15) is 20.8 Å². The average Bonchev–Trinajstić information content (AvgIpc) is 1.96. The van der Waals surface area contributed by atoms with Gasteiger partial charge in [-0.1, -0.05) is 6.08 Å². The van der Waals surface area contributed by atoms with Crippen LogP contribution in [0.5, 0.6) is 0 Å². The number of hydrogen-bond acceptors (Lipinski definition) is 3. The summed E-state index contributed by atoms with van der Waals surface area (Å²) in [6.45, 7) is 5.25. The Labute approximate surface area is 83.3 Å². The minimum Gasteiger partial charge on any atom is -0.477 e. The second-order valence-electron chi connectivity index (χ2n) is 2.72. The Bertz CT molecular complexity index is 282. The van der Waals surface area contributed by atoms with Crippen LogP contribution in [-0.2, 0) is 4.79 Å². The Kier molecular flexibility index (Phi) is 5.14. The van der Waals surface area contributed by atoms with E-state index < -0.39 is 5.97 Å². The van der Waals surface area contributed by atoms with E-state index in [0.29, 0.717) is 5.71 Å². The molecule has 0 aromatic carbocycles. The lowest BCUT2D eigenvalue weighted by Gasteiger charge is -1.94. The molecule has 0 radical (unpaired) electrons. The van der Waals surface area contributed by atoms with E-state index in [1.54, 1.807) is 26.8 Å². The molecule has 0 rings (SSSR count). The Morgan fingerprint density at radius 2 is 1.85 bits per heavy atom. The number of allylic oxidation sites excluding steroid dienone is 3. The highest BCUT2D eigenvalue weighted by molar-refractivity contribution is 7.84. The van der Waals surface area contributed by atoms with Gasteiger partial charge in [0.05, 0.1) is 0 Å². The second-order valence-corrected chi connectivity index (χ2v) is 3.43. The fraction of sp³-hybridized carbons (Fsp3) is 0.333. The third-order valence-electron chi connectivity index (χ3n) is 1.05. The van der Waals surface area contributed by atoms with Gasteiger partial charge in [-0.05, 0) is 31.8 Å². The monoisotopic (exact) mass is 199 g/mol. The van der Waals surface area contributed by atoms with Gasteiger partial charge in [0.2, 0.25) is 0 Å². The van der Waals surface area contributed by atoms with Gasteiger partial charge in [-0.2, -0.15) is 0 Å². The van der Waals surface area contributed by atoms with E-state index in [1.165, 1.54) is 6.08 Å². The van der Waals surface area contributed by atoms with Crippen LogP contribution in [0.3, 0.4) is 0 Å². The third-order valence-corrected chi connectivity index (χ3v) is 1.19. The molecule has 13 heavy (non-hydrogen) atoms. The number of carbonyl (C=O) groups is 1. The van der Waals surface area contributed by atoms with Crippen molar-refractivity contribution in [2.75, 3.05) is 0 Å². The van der Waals surface area contributed by atoms with Gasteiger partial charge in [0.25, 0.3) is 0 Å². The van der Waals surface area contributed by atoms with Crippen molar-refractivity contribution in [3.63, 3.8) is 0 Å². The second kappa shape index (κ2) is 5.59. The molecule has 0 bridgehead atoms. The first-order chi connectivity index (χ1) is 5.93. The maximum absolute atomic E-state index is 10.6. The van der Waals surface area contributed by atoms with Crippen LogP contribution in [0.2, 0.25) is 0 Å². The molecule has 0 atom stereocenters. The summed E-state index contributed by atoms with van der Waals surface area (Å²) in [4.78, 5) is 15.2. The summed E-state index contributed by atoms with van der Waals surface area (Å²) >= 11 is 4.01. The molecule has 0 aliphatic rings. The average molecular weight is 199 g/mol. The lowest BCUT2D eigenvalue weighted by molar-refractivity contribution is -0.132. The van der Waals surface area contributed by atoms with Gasteiger partial charge in [-0.3, -0.25) is 4.99 Å². The summed E-state index contributed by atoms with van der Waals surface area (Å²) in [7, 11) is 0. The Morgan fingerprint density at radius 3 is 2.15 bits per heavy atom. The summed E-state index contributed by atoms with van der Waals surface area (Å²) < 4.78 is 0. The van der Waals surface area contributed by atoms with Crippen molar-refractivity contribution in [2.45, 2.75) is 20.8 Å². The van der Waals surface area contributed by atoms with Gasteiger partial charge in [0.15, 0.2) is 0 Å². The molecule has 0 aliphatic heterocycles. The van der Waals surface area contributed by atoms with Crippen molar-refractivity contribution < 1.29 is 9.90 Å². The predicted octanol–water partition coefficient (Wildman–Crippen LogP) is 2.27. The van der Waals surface area contributed by atoms with Crippen LogP contribution in [0.25, 0.3) is 0 Å². The van der Waals surface area contributed by atoms with Gasteiger partial charge in [-0.25, -0.2) is 4.79 Å². The minimum atomic E-state index is -1.04. The van der Waals surface area contributed by atoms with E-state index in [4.69, 9.17) is 5.11 Å². The number of nitrogens with zero attached hydrogens (tertiary/aromatic N) is 1.